The number of carbonyl (C=O) groups excluding carboxylic acids is 3. The molecule has 2 atom stereocenters. The second-order valence-electron chi connectivity index (χ2n) is 10.0. The molecule has 2 heterocycles. The number of carboxylic acid groups (broad SMARTS) is 1. The number of benzene rings is 2. The average molecular weight is 510 g/mol. The van der Waals surface area contributed by atoms with E-state index in [9.17, 15) is 24.3 Å². The molecule has 0 saturated carbocycles. The second-order valence-corrected chi connectivity index (χ2v) is 10.0. The highest BCUT2D eigenvalue weighted by Gasteiger charge is 2.48. The van der Waals surface area contributed by atoms with E-state index < -0.39 is 29.5 Å². The molecule has 0 radical (unpaired) electrons. The maximum atomic E-state index is 12.9. The molecule has 2 aromatic carbocycles. The summed E-state index contributed by atoms with van der Waals surface area (Å²) in [6.45, 7) is 5.93. The number of carbonyl (C=O) groups is 4. The number of piperidine rings is 1. The number of hydrogen-bond acceptors (Lipinski definition) is 5. The van der Waals surface area contributed by atoms with E-state index in [1.165, 1.54) is 39.1 Å². The normalized spacial score (nSPS) is 18.9. The van der Waals surface area contributed by atoms with Crippen LogP contribution in [0.5, 0.6) is 0 Å². The monoisotopic (exact) mass is 509 g/mol. The molecule has 0 spiro atoms. The number of hydrazine groups is 1. The van der Waals surface area contributed by atoms with Crippen LogP contribution in [0, 0.1) is 0 Å². The quantitative estimate of drug-likeness (QED) is 0.513. The van der Waals surface area contributed by atoms with Crippen LogP contribution in [-0.2, 0) is 16.2 Å². The molecule has 2 saturated heterocycles. The van der Waals surface area contributed by atoms with Crippen LogP contribution < -0.4 is 15.8 Å². The van der Waals surface area contributed by atoms with Crippen molar-refractivity contribution in [3.05, 3.63) is 65.7 Å². The Morgan fingerprint density at radius 2 is 1.70 bits per heavy atom. The minimum absolute atomic E-state index is 0.133. The molecule has 2 fully saturated rings. The summed E-state index contributed by atoms with van der Waals surface area (Å²) in [6.07, 6.45) is -0.0685. The van der Waals surface area contributed by atoms with Gasteiger partial charge in [-0.1, -0.05) is 30.3 Å². The van der Waals surface area contributed by atoms with Crippen LogP contribution in [0.4, 0.5) is 15.3 Å². The molecule has 4 rings (SSSR count). The summed E-state index contributed by atoms with van der Waals surface area (Å²) in [5.74, 6) is -1.06. The van der Waals surface area contributed by atoms with Gasteiger partial charge >= 0.3 is 12.1 Å². The molecule has 2 bridgehead atoms. The first kappa shape index (κ1) is 26.0. The predicted octanol–water partition coefficient (Wildman–Crippen LogP) is 3.13. The number of urea groups is 1. The second kappa shape index (κ2) is 10.5. The molecule has 0 aromatic heterocycles. The van der Waals surface area contributed by atoms with Crippen LogP contribution in [-0.4, -0.2) is 63.2 Å². The van der Waals surface area contributed by atoms with Gasteiger partial charge in [-0.25, -0.2) is 9.59 Å². The first-order valence-corrected chi connectivity index (χ1v) is 12.1. The van der Waals surface area contributed by atoms with Crippen LogP contribution in [0.2, 0.25) is 0 Å². The Bertz CT molecular complexity index is 1160. The fraction of sp³-hybridized carbons (Fsp3) is 0.385. The third-order valence-electron chi connectivity index (χ3n) is 6.39. The number of anilines is 1. The molecule has 0 unspecified atom stereocenters. The maximum absolute atomic E-state index is 12.9. The molecule has 2 aromatic rings. The van der Waals surface area contributed by atoms with Crippen LogP contribution in [0.3, 0.4) is 0 Å². The molecular formula is C26H31N5O6. The van der Waals surface area contributed by atoms with Crippen LogP contribution in [0.25, 0.3) is 0 Å². The third kappa shape index (κ3) is 5.67. The van der Waals surface area contributed by atoms with Crippen molar-refractivity contribution in [1.29, 1.82) is 0 Å². The topological polar surface area (TPSA) is 132 Å². The molecule has 11 heteroatoms. The molecular weight excluding hydrogens is 478 g/mol. The Morgan fingerprint density at radius 3 is 2.32 bits per heavy atom. The van der Waals surface area contributed by atoms with E-state index in [0.717, 1.165) is 5.56 Å². The van der Waals surface area contributed by atoms with Crippen LogP contribution in [0.1, 0.15) is 49.5 Å². The van der Waals surface area contributed by atoms with Gasteiger partial charge in [-0.3, -0.25) is 30.2 Å². The summed E-state index contributed by atoms with van der Waals surface area (Å²) >= 11 is 0. The van der Waals surface area contributed by atoms with E-state index in [4.69, 9.17) is 4.84 Å². The lowest BCUT2D eigenvalue weighted by atomic mass is 10.0. The number of fused-ring (bicyclic) bond motifs is 2. The fourth-order valence-electron chi connectivity index (χ4n) is 4.61. The van der Waals surface area contributed by atoms with Crippen molar-refractivity contribution in [3.8, 4) is 0 Å². The Balaban J connectivity index is 1.32. The molecule has 3 N–H and O–H groups in total. The molecule has 2 aliphatic heterocycles. The number of nitrogens with zero attached hydrogens (tertiary/aromatic N) is 3. The van der Waals surface area contributed by atoms with Crippen molar-refractivity contribution in [2.45, 2.75) is 57.8 Å². The summed E-state index contributed by atoms with van der Waals surface area (Å²) in [4.78, 5) is 58.4. The van der Waals surface area contributed by atoms with E-state index in [1.807, 2.05) is 30.3 Å². The van der Waals surface area contributed by atoms with Crippen LogP contribution in [0.15, 0.2) is 54.6 Å². The number of rotatable bonds is 6. The first-order chi connectivity index (χ1) is 17.6. The summed E-state index contributed by atoms with van der Waals surface area (Å²) in [6, 6.07) is 14.3. The largest absolute Gasteiger partial charge is 0.465 e. The Morgan fingerprint density at radius 1 is 1.03 bits per heavy atom. The Hall–Kier alpha value is -4.12. The van der Waals surface area contributed by atoms with Gasteiger partial charge in [0.05, 0.1) is 6.04 Å². The van der Waals surface area contributed by atoms with Gasteiger partial charge in [0.1, 0.15) is 12.6 Å². The highest BCUT2D eigenvalue weighted by atomic mass is 16.7. The van der Waals surface area contributed by atoms with Gasteiger partial charge in [0.2, 0.25) is 0 Å². The minimum atomic E-state index is -1.10. The number of hydrogen-bond donors (Lipinski definition) is 3. The standard InChI is InChI=1S/C26H31N5O6/c1-26(2,3)30(25(35)36)19-11-9-18(10-12-19)22(32)27-28-23(33)21-14-13-20-15-29(21)24(34)31(20)37-16-17-7-5-4-6-8-17/h4-12,20-21H,13-16H2,1-3H3,(H,27,32)(H,28,33)(H,35,36)/t20-,21+/m1/s1. The smallest absolute Gasteiger partial charge is 0.412 e. The van der Waals surface area contributed by atoms with Crippen molar-refractivity contribution in [2.24, 2.45) is 0 Å². The molecule has 37 heavy (non-hydrogen) atoms. The van der Waals surface area contributed by atoms with Gasteiger partial charge in [0, 0.05) is 23.3 Å². The van der Waals surface area contributed by atoms with Crippen molar-refractivity contribution in [2.75, 3.05) is 11.4 Å². The van der Waals surface area contributed by atoms with Gasteiger partial charge in [-0.2, -0.15) is 5.06 Å². The molecule has 11 nitrogen and oxygen atoms in total. The Labute approximate surface area is 214 Å². The lowest BCUT2D eigenvalue weighted by molar-refractivity contribution is -0.140. The van der Waals surface area contributed by atoms with Crippen LogP contribution >= 0.6 is 0 Å². The SMILES string of the molecule is CC(C)(C)N(C(=O)O)c1ccc(C(=O)NNC(=O)[C@@H]2CC[C@@H]3CN2C(=O)N3OCc2ccccc2)cc1. The zero-order valence-electron chi connectivity index (χ0n) is 21.0. The van der Waals surface area contributed by atoms with E-state index in [0.29, 0.717) is 25.1 Å². The number of amides is 5. The van der Waals surface area contributed by atoms with Gasteiger partial charge in [-0.15, -0.1) is 0 Å². The van der Waals surface area contributed by atoms with Gasteiger partial charge < -0.3 is 10.0 Å². The fourth-order valence-corrected chi connectivity index (χ4v) is 4.61. The maximum Gasteiger partial charge on any atom is 0.412 e. The molecule has 5 amide bonds. The minimum Gasteiger partial charge on any atom is -0.465 e. The summed E-state index contributed by atoms with van der Waals surface area (Å²) < 4.78 is 0. The average Bonchev–Trinajstić information content (AvgIpc) is 3.10. The summed E-state index contributed by atoms with van der Waals surface area (Å²) in [7, 11) is 0. The number of hydroxylamine groups is 2. The van der Waals surface area contributed by atoms with Crippen molar-refractivity contribution in [3.63, 3.8) is 0 Å². The van der Waals surface area contributed by atoms with Gasteiger partial charge in [-0.05, 0) is 63.4 Å². The van der Waals surface area contributed by atoms with Crippen molar-refractivity contribution in [1.82, 2.24) is 20.8 Å². The van der Waals surface area contributed by atoms with E-state index in [-0.39, 0.29) is 24.2 Å². The van der Waals surface area contributed by atoms with Gasteiger partial charge in [0.15, 0.2) is 0 Å². The third-order valence-corrected chi connectivity index (χ3v) is 6.39. The van der Waals surface area contributed by atoms with Gasteiger partial charge in [0.25, 0.3) is 11.8 Å². The van der Waals surface area contributed by atoms with E-state index in [2.05, 4.69) is 10.9 Å². The zero-order valence-corrected chi connectivity index (χ0v) is 21.0. The Kier molecular flexibility index (Phi) is 7.35. The summed E-state index contributed by atoms with van der Waals surface area (Å²) in [5, 5.41) is 10.9. The highest BCUT2D eigenvalue weighted by Crippen LogP contribution is 2.30. The van der Waals surface area contributed by atoms with Crippen molar-refractivity contribution < 1.29 is 29.1 Å². The lowest BCUT2D eigenvalue weighted by Gasteiger charge is -2.33. The summed E-state index contributed by atoms with van der Waals surface area (Å²) in [5.41, 5.74) is 5.72. The van der Waals surface area contributed by atoms with E-state index in [1.54, 1.807) is 20.8 Å². The molecule has 196 valence electrons. The zero-order chi connectivity index (χ0) is 26.7. The lowest BCUT2D eigenvalue weighted by Crippen LogP contribution is -2.54. The van der Waals surface area contributed by atoms with Crippen molar-refractivity contribution >= 4 is 29.6 Å². The predicted molar refractivity (Wildman–Crippen MR) is 134 cm³/mol. The molecule has 0 aliphatic carbocycles. The first-order valence-electron chi connectivity index (χ1n) is 12.1. The van der Waals surface area contributed by atoms with E-state index >= 15 is 0 Å². The number of nitrogens with one attached hydrogen (secondary N) is 2. The molecule has 2 aliphatic rings. The highest BCUT2D eigenvalue weighted by molar-refractivity contribution is 5.97.